The van der Waals surface area contributed by atoms with Crippen molar-refractivity contribution in [2.75, 3.05) is 11.9 Å². The van der Waals surface area contributed by atoms with E-state index in [9.17, 15) is 9.59 Å². The molecule has 0 saturated heterocycles. The van der Waals surface area contributed by atoms with Gasteiger partial charge in [-0.2, -0.15) is 5.10 Å². The predicted molar refractivity (Wildman–Crippen MR) is 113 cm³/mol. The second kappa shape index (κ2) is 8.31. The number of aryl methyl sites for hydroxylation is 4. The highest BCUT2D eigenvalue weighted by Crippen LogP contribution is 2.22. The van der Waals surface area contributed by atoms with Crippen LogP contribution in [0.2, 0.25) is 0 Å². The first kappa shape index (κ1) is 20.3. The molecule has 0 atom stereocenters. The summed E-state index contributed by atoms with van der Waals surface area (Å²) in [5, 5.41) is 7.28. The first-order valence-electron chi connectivity index (χ1n) is 9.44. The fourth-order valence-electron chi connectivity index (χ4n) is 3.51. The number of amides is 1. The van der Waals surface area contributed by atoms with Gasteiger partial charge in [0.15, 0.2) is 6.61 Å². The molecule has 3 aromatic rings. The number of rotatable bonds is 5. The number of esters is 1. The number of carbonyl (C=O) groups is 2. The van der Waals surface area contributed by atoms with Crippen LogP contribution >= 0.6 is 0 Å². The third kappa shape index (κ3) is 4.37. The predicted octanol–water partition coefficient (Wildman–Crippen LogP) is 4.21. The molecule has 1 aromatic heterocycles. The van der Waals surface area contributed by atoms with Crippen LogP contribution in [0.3, 0.4) is 0 Å². The molecule has 2 aromatic carbocycles. The highest BCUT2D eigenvalue weighted by molar-refractivity contribution is 5.97. The van der Waals surface area contributed by atoms with Gasteiger partial charge >= 0.3 is 5.97 Å². The number of carbonyl (C=O) groups excluding carboxylic acids is 2. The van der Waals surface area contributed by atoms with Crippen molar-refractivity contribution >= 4 is 17.6 Å². The summed E-state index contributed by atoms with van der Waals surface area (Å²) in [6.07, 6.45) is 0. The van der Waals surface area contributed by atoms with E-state index < -0.39 is 5.97 Å². The van der Waals surface area contributed by atoms with Crippen molar-refractivity contribution in [1.29, 1.82) is 0 Å². The summed E-state index contributed by atoms with van der Waals surface area (Å²) >= 11 is 0. The number of hydrogen-bond donors (Lipinski definition) is 1. The summed E-state index contributed by atoms with van der Waals surface area (Å²) in [5.41, 5.74) is 6.29. The molecule has 1 N–H and O–H groups in total. The number of aromatic nitrogens is 2. The van der Waals surface area contributed by atoms with Gasteiger partial charge < -0.3 is 10.1 Å². The second-order valence-corrected chi connectivity index (χ2v) is 7.19. The first-order valence-corrected chi connectivity index (χ1v) is 9.44. The largest absolute Gasteiger partial charge is 0.452 e. The lowest BCUT2D eigenvalue weighted by atomic mass is 10.1. The molecule has 0 saturated carbocycles. The SMILES string of the molecule is Cc1cc(C)c(NC(=O)COC(=O)c2c(C)nn(-c3ccccc3)c2C)c(C)c1. The minimum absolute atomic E-state index is 0.360. The Kier molecular flexibility index (Phi) is 5.82. The van der Waals surface area contributed by atoms with E-state index in [1.807, 2.05) is 70.2 Å². The quantitative estimate of drug-likeness (QED) is 0.661. The normalized spacial score (nSPS) is 10.7. The molecule has 0 aliphatic carbocycles. The van der Waals surface area contributed by atoms with Crippen molar-refractivity contribution in [3.05, 3.63) is 76.1 Å². The molecule has 1 heterocycles. The van der Waals surface area contributed by atoms with Gasteiger partial charge in [-0.1, -0.05) is 35.9 Å². The fraction of sp³-hybridized carbons (Fsp3) is 0.261. The minimum atomic E-state index is -0.560. The summed E-state index contributed by atoms with van der Waals surface area (Å²) in [6, 6.07) is 13.5. The van der Waals surface area contributed by atoms with Crippen LogP contribution in [-0.4, -0.2) is 28.3 Å². The minimum Gasteiger partial charge on any atom is -0.452 e. The second-order valence-electron chi connectivity index (χ2n) is 7.19. The number of para-hydroxylation sites is 1. The van der Waals surface area contributed by atoms with Gasteiger partial charge in [0.25, 0.3) is 5.91 Å². The van der Waals surface area contributed by atoms with Crippen molar-refractivity contribution in [1.82, 2.24) is 9.78 Å². The van der Waals surface area contributed by atoms with E-state index in [4.69, 9.17) is 4.74 Å². The van der Waals surface area contributed by atoms with Crippen LogP contribution in [0.15, 0.2) is 42.5 Å². The molecule has 0 radical (unpaired) electrons. The highest BCUT2D eigenvalue weighted by atomic mass is 16.5. The Morgan fingerprint density at radius 3 is 2.24 bits per heavy atom. The number of hydrogen-bond acceptors (Lipinski definition) is 4. The molecule has 150 valence electrons. The maximum Gasteiger partial charge on any atom is 0.342 e. The third-order valence-electron chi connectivity index (χ3n) is 4.77. The zero-order chi connectivity index (χ0) is 21.1. The van der Waals surface area contributed by atoms with Crippen molar-refractivity contribution in [2.24, 2.45) is 0 Å². The lowest BCUT2D eigenvalue weighted by Gasteiger charge is -2.13. The summed E-state index contributed by atoms with van der Waals surface area (Å²) < 4.78 is 6.97. The Morgan fingerprint density at radius 2 is 1.62 bits per heavy atom. The average molecular weight is 391 g/mol. The van der Waals surface area contributed by atoms with Crippen LogP contribution in [0, 0.1) is 34.6 Å². The molecule has 0 spiro atoms. The van der Waals surface area contributed by atoms with E-state index in [1.165, 1.54) is 0 Å². The molecular formula is C23H25N3O3. The molecular weight excluding hydrogens is 366 g/mol. The molecule has 6 nitrogen and oxygen atoms in total. The maximum absolute atomic E-state index is 12.6. The Balaban J connectivity index is 1.70. The van der Waals surface area contributed by atoms with Crippen LogP contribution in [0.25, 0.3) is 5.69 Å². The topological polar surface area (TPSA) is 73.2 Å². The number of ether oxygens (including phenoxy) is 1. The molecule has 0 fully saturated rings. The molecule has 29 heavy (non-hydrogen) atoms. The van der Waals surface area contributed by atoms with Crippen molar-refractivity contribution in [3.63, 3.8) is 0 Å². The Bertz CT molecular complexity index is 1050. The van der Waals surface area contributed by atoms with E-state index in [0.29, 0.717) is 17.0 Å². The van der Waals surface area contributed by atoms with Gasteiger partial charge in [0.05, 0.1) is 17.1 Å². The van der Waals surface area contributed by atoms with Crippen LogP contribution < -0.4 is 5.32 Å². The molecule has 0 unspecified atom stereocenters. The Labute approximate surface area is 170 Å². The van der Waals surface area contributed by atoms with E-state index in [0.717, 1.165) is 28.1 Å². The van der Waals surface area contributed by atoms with Crippen LogP contribution in [0.1, 0.15) is 38.4 Å². The molecule has 6 heteroatoms. The zero-order valence-electron chi connectivity index (χ0n) is 17.4. The molecule has 0 bridgehead atoms. The van der Waals surface area contributed by atoms with Crippen molar-refractivity contribution < 1.29 is 14.3 Å². The third-order valence-corrected chi connectivity index (χ3v) is 4.77. The van der Waals surface area contributed by atoms with Gasteiger partial charge in [-0.15, -0.1) is 0 Å². The monoisotopic (exact) mass is 391 g/mol. The van der Waals surface area contributed by atoms with Gasteiger partial charge in [-0.05, 0) is 57.9 Å². The van der Waals surface area contributed by atoms with E-state index in [-0.39, 0.29) is 12.5 Å². The lowest BCUT2D eigenvalue weighted by molar-refractivity contribution is -0.119. The number of anilines is 1. The Hall–Kier alpha value is -3.41. The van der Waals surface area contributed by atoms with Gasteiger partial charge in [0.1, 0.15) is 5.56 Å². The molecule has 0 aliphatic rings. The number of nitrogens with one attached hydrogen (secondary N) is 1. The fourth-order valence-corrected chi connectivity index (χ4v) is 3.51. The molecule has 0 aliphatic heterocycles. The summed E-state index contributed by atoms with van der Waals surface area (Å²) in [7, 11) is 0. The van der Waals surface area contributed by atoms with Gasteiger partial charge in [-0.25, -0.2) is 9.48 Å². The smallest absolute Gasteiger partial charge is 0.342 e. The number of benzene rings is 2. The number of nitrogens with zero attached hydrogens (tertiary/aromatic N) is 2. The maximum atomic E-state index is 12.6. The summed E-state index contributed by atoms with van der Waals surface area (Å²) in [4.78, 5) is 24.9. The van der Waals surface area contributed by atoms with Crippen molar-refractivity contribution in [3.8, 4) is 5.69 Å². The molecule has 1 amide bonds. The van der Waals surface area contributed by atoms with E-state index in [1.54, 1.807) is 11.6 Å². The lowest BCUT2D eigenvalue weighted by Crippen LogP contribution is -2.22. The summed E-state index contributed by atoms with van der Waals surface area (Å²) in [5.74, 6) is -0.936. The van der Waals surface area contributed by atoms with Crippen LogP contribution in [0.5, 0.6) is 0 Å². The average Bonchev–Trinajstić information content (AvgIpc) is 2.97. The summed E-state index contributed by atoms with van der Waals surface area (Å²) in [6.45, 7) is 9.08. The first-order chi connectivity index (χ1) is 13.8. The van der Waals surface area contributed by atoms with E-state index in [2.05, 4.69) is 10.4 Å². The highest BCUT2D eigenvalue weighted by Gasteiger charge is 2.21. The van der Waals surface area contributed by atoms with Crippen molar-refractivity contribution in [2.45, 2.75) is 34.6 Å². The zero-order valence-corrected chi connectivity index (χ0v) is 17.4. The molecule has 3 rings (SSSR count). The standard InChI is InChI=1S/C23H25N3O3/c1-14-11-15(2)22(16(3)12-14)24-20(27)13-29-23(28)21-17(4)25-26(18(21)5)19-9-7-6-8-10-19/h6-12H,13H2,1-5H3,(H,24,27). The van der Waals surface area contributed by atoms with Crippen LogP contribution in [-0.2, 0) is 9.53 Å². The van der Waals surface area contributed by atoms with Gasteiger partial charge in [0, 0.05) is 5.69 Å². The van der Waals surface area contributed by atoms with Crippen LogP contribution in [0.4, 0.5) is 5.69 Å². The van der Waals surface area contributed by atoms with Gasteiger partial charge in [-0.3, -0.25) is 4.79 Å². The van der Waals surface area contributed by atoms with E-state index >= 15 is 0 Å². The Morgan fingerprint density at radius 1 is 1.00 bits per heavy atom. The van der Waals surface area contributed by atoms with Gasteiger partial charge in [0.2, 0.25) is 0 Å².